The molecular formula is C13H11BrClFN2. The topological polar surface area (TPSA) is 25.8 Å². The first kappa shape index (κ1) is 13.4. The summed E-state index contributed by atoms with van der Waals surface area (Å²) in [5, 5.41) is 0.417. The Bertz CT molecular complexity index is 602. The zero-order valence-corrected chi connectivity index (χ0v) is 12.3. The molecule has 1 heterocycles. The standard InChI is InChI=1S/C13H11BrClFN2/c1-3-11-7(2)12(15)18-13(17-11)8-4-5-9(14)10(16)6-8/h4-6H,3H2,1-2H3. The minimum Gasteiger partial charge on any atom is -0.233 e. The number of aromatic nitrogens is 2. The fraction of sp³-hybridized carbons (Fsp3) is 0.231. The van der Waals surface area contributed by atoms with Crippen molar-refractivity contribution >= 4 is 27.5 Å². The average molecular weight is 330 g/mol. The van der Waals surface area contributed by atoms with Gasteiger partial charge < -0.3 is 0 Å². The fourth-order valence-electron chi connectivity index (χ4n) is 1.64. The second-order valence-corrected chi connectivity index (χ2v) is 5.10. The molecule has 0 spiro atoms. The van der Waals surface area contributed by atoms with Gasteiger partial charge in [-0.1, -0.05) is 18.5 Å². The van der Waals surface area contributed by atoms with E-state index >= 15 is 0 Å². The molecule has 0 aliphatic rings. The van der Waals surface area contributed by atoms with Gasteiger partial charge in [-0.05, 0) is 47.5 Å². The zero-order chi connectivity index (χ0) is 13.3. The summed E-state index contributed by atoms with van der Waals surface area (Å²) in [5.41, 5.74) is 2.38. The highest BCUT2D eigenvalue weighted by atomic mass is 79.9. The molecule has 0 saturated carbocycles. The first-order valence-electron chi connectivity index (χ1n) is 5.51. The Balaban J connectivity index is 2.57. The van der Waals surface area contributed by atoms with Crippen molar-refractivity contribution in [2.45, 2.75) is 20.3 Å². The zero-order valence-electron chi connectivity index (χ0n) is 9.97. The third-order valence-electron chi connectivity index (χ3n) is 2.70. The monoisotopic (exact) mass is 328 g/mol. The van der Waals surface area contributed by atoms with E-state index in [1.54, 1.807) is 12.1 Å². The lowest BCUT2D eigenvalue weighted by atomic mass is 10.1. The van der Waals surface area contributed by atoms with Crippen molar-refractivity contribution in [2.24, 2.45) is 0 Å². The number of nitrogens with zero attached hydrogens (tertiary/aromatic N) is 2. The highest BCUT2D eigenvalue weighted by Crippen LogP contribution is 2.25. The molecule has 2 aromatic rings. The van der Waals surface area contributed by atoms with E-state index in [2.05, 4.69) is 25.9 Å². The van der Waals surface area contributed by atoms with Crippen molar-refractivity contribution in [2.75, 3.05) is 0 Å². The minimum absolute atomic E-state index is 0.342. The van der Waals surface area contributed by atoms with Gasteiger partial charge in [0.15, 0.2) is 5.82 Å². The Hall–Kier alpha value is -1.00. The van der Waals surface area contributed by atoms with Crippen LogP contribution >= 0.6 is 27.5 Å². The molecule has 0 aliphatic heterocycles. The average Bonchev–Trinajstić information content (AvgIpc) is 2.36. The van der Waals surface area contributed by atoms with Crippen LogP contribution in [0.5, 0.6) is 0 Å². The van der Waals surface area contributed by atoms with Gasteiger partial charge in [0.05, 0.1) is 4.47 Å². The molecule has 5 heteroatoms. The predicted octanol–water partition coefficient (Wildman–Crippen LogP) is 4.57. The molecular weight excluding hydrogens is 319 g/mol. The van der Waals surface area contributed by atoms with Crippen molar-refractivity contribution < 1.29 is 4.39 Å². The minimum atomic E-state index is -0.342. The van der Waals surface area contributed by atoms with Crippen LogP contribution in [0.3, 0.4) is 0 Å². The Labute approximate surface area is 118 Å². The molecule has 0 saturated heterocycles. The highest BCUT2D eigenvalue weighted by Gasteiger charge is 2.11. The van der Waals surface area contributed by atoms with Crippen molar-refractivity contribution in [3.05, 3.63) is 44.9 Å². The van der Waals surface area contributed by atoms with E-state index < -0.39 is 0 Å². The highest BCUT2D eigenvalue weighted by molar-refractivity contribution is 9.10. The van der Waals surface area contributed by atoms with Crippen molar-refractivity contribution in [1.82, 2.24) is 9.97 Å². The van der Waals surface area contributed by atoms with E-state index in [1.807, 2.05) is 13.8 Å². The summed E-state index contributed by atoms with van der Waals surface area (Å²) >= 11 is 9.18. The van der Waals surface area contributed by atoms with Crippen molar-refractivity contribution in [3.63, 3.8) is 0 Å². The summed E-state index contributed by atoms with van der Waals surface area (Å²) in [6.45, 7) is 3.88. The van der Waals surface area contributed by atoms with Crippen LogP contribution in [0.25, 0.3) is 11.4 Å². The quantitative estimate of drug-likeness (QED) is 0.754. The van der Waals surface area contributed by atoms with Crippen LogP contribution in [0.1, 0.15) is 18.2 Å². The molecule has 0 fully saturated rings. The molecule has 94 valence electrons. The maximum absolute atomic E-state index is 13.5. The molecule has 0 amide bonds. The van der Waals surface area contributed by atoms with Crippen LogP contribution in [0.2, 0.25) is 5.15 Å². The summed E-state index contributed by atoms with van der Waals surface area (Å²) in [7, 11) is 0. The summed E-state index contributed by atoms with van der Waals surface area (Å²) < 4.78 is 13.9. The smallest absolute Gasteiger partial charge is 0.161 e. The molecule has 1 aromatic carbocycles. The predicted molar refractivity (Wildman–Crippen MR) is 74.3 cm³/mol. The first-order chi connectivity index (χ1) is 8.52. The summed E-state index contributed by atoms with van der Waals surface area (Å²) in [5.74, 6) is 0.111. The van der Waals surface area contributed by atoms with Gasteiger partial charge in [-0.25, -0.2) is 14.4 Å². The van der Waals surface area contributed by atoms with Gasteiger partial charge in [0.2, 0.25) is 0 Å². The summed E-state index contributed by atoms with van der Waals surface area (Å²) in [4.78, 5) is 8.61. The van der Waals surface area contributed by atoms with E-state index in [0.29, 0.717) is 21.0 Å². The lowest BCUT2D eigenvalue weighted by molar-refractivity contribution is 0.621. The van der Waals surface area contributed by atoms with Gasteiger partial charge in [0.1, 0.15) is 11.0 Å². The lowest BCUT2D eigenvalue weighted by Gasteiger charge is -2.08. The van der Waals surface area contributed by atoms with E-state index in [1.165, 1.54) is 6.07 Å². The van der Waals surface area contributed by atoms with Crippen molar-refractivity contribution in [3.8, 4) is 11.4 Å². The molecule has 0 unspecified atom stereocenters. The Kier molecular flexibility index (Phi) is 3.97. The Morgan fingerprint density at radius 3 is 2.67 bits per heavy atom. The van der Waals surface area contributed by atoms with Crippen molar-refractivity contribution in [1.29, 1.82) is 0 Å². The third kappa shape index (κ3) is 2.54. The summed E-state index contributed by atoms with van der Waals surface area (Å²) in [6, 6.07) is 4.78. The number of hydrogen-bond donors (Lipinski definition) is 0. The molecule has 0 radical (unpaired) electrons. The normalized spacial score (nSPS) is 10.7. The number of benzene rings is 1. The van der Waals surface area contributed by atoms with Gasteiger partial charge in [-0.2, -0.15) is 0 Å². The summed E-state index contributed by atoms with van der Waals surface area (Å²) in [6.07, 6.45) is 0.764. The van der Waals surface area contributed by atoms with E-state index in [-0.39, 0.29) is 5.82 Å². The lowest BCUT2D eigenvalue weighted by Crippen LogP contribution is -1.99. The number of rotatable bonds is 2. The first-order valence-corrected chi connectivity index (χ1v) is 6.68. The largest absolute Gasteiger partial charge is 0.233 e. The Morgan fingerprint density at radius 1 is 1.33 bits per heavy atom. The van der Waals surface area contributed by atoms with Gasteiger partial charge in [-0.15, -0.1) is 0 Å². The third-order valence-corrected chi connectivity index (χ3v) is 3.71. The maximum atomic E-state index is 13.5. The van der Waals surface area contributed by atoms with E-state index in [0.717, 1.165) is 17.7 Å². The van der Waals surface area contributed by atoms with Gasteiger partial charge in [0.25, 0.3) is 0 Å². The molecule has 18 heavy (non-hydrogen) atoms. The van der Waals surface area contributed by atoms with Crippen LogP contribution in [-0.4, -0.2) is 9.97 Å². The Morgan fingerprint density at radius 2 is 2.06 bits per heavy atom. The molecule has 0 atom stereocenters. The fourth-order valence-corrected chi connectivity index (χ4v) is 2.08. The molecule has 2 rings (SSSR count). The van der Waals surface area contributed by atoms with Gasteiger partial charge >= 0.3 is 0 Å². The maximum Gasteiger partial charge on any atom is 0.161 e. The molecule has 2 nitrogen and oxygen atoms in total. The number of halogens is 3. The number of hydrogen-bond acceptors (Lipinski definition) is 2. The van der Waals surface area contributed by atoms with Crippen LogP contribution < -0.4 is 0 Å². The molecule has 0 N–H and O–H groups in total. The molecule has 0 bridgehead atoms. The van der Waals surface area contributed by atoms with E-state index in [9.17, 15) is 4.39 Å². The van der Waals surface area contributed by atoms with Crippen LogP contribution in [0, 0.1) is 12.7 Å². The molecule has 0 aliphatic carbocycles. The van der Waals surface area contributed by atoms with Crippen LogP contribution in [0.15, 0.2) is 22.7 Å². The van der Waals surface area contributed by atoms with E-state index in [4.69, 9.17) is 11.6 Å². The van der Waals surface area contributed by atoms with Crippen LogP contribution in [-0.2, 0) is 6.42 Å². The SMILES string of the molecule is CCc1nc(-c2ccc(Br)c(F)c2)nc(Cl)c1C. The molecule has 1 aromatic heterocycles. The second kappa shape index (κ2) is 5.33. The second-order valence-electron chi connectivity index (χ2n) is 3.89. The van der Waals surface area contributed by atoms with Crippen LogP contribution in [0.4, 0.5) is 4.39 Å². The van der Waals surface area contributed by atoms with Gasteiger partial charge in [0, 0.05) is 16.8 Å². The number of aryl methyl sites for hydroxylation is 1. The van der Waals surface area contributed by atoms with Gasteiger partial charge in [-0.3, -0.25) is 0 Å².